The number of ketones is 1. The average Bonchev–Trinajstić information content (AvgIpc) is 2.70. The van der Waals surface area contributed by atoms with Crippen molar-refractivity contribution in [2.24, 2.45) is 0 Å². The molecule has 28 heavy (non-hydrogen) atoms. The summed E-state index contributed by atoms with van der Waals surface area (Å²) in [5.74, 6) is -0.418. The van der Waals surface area contributed by atoms with Gasteiger partial charge in [-0.05, 0) is 42.3 Å². The van der Waals surface area contributed by atoms with Gasteiger partial charge in [-0.2, -0.15) is 0 Å². The molecule has 1 amide bonds. The smallest absolute Gasteiger partial charge is 0.224 e. The van der Waals surface area contributed by atoms with Crippen molar-refractivity contribution in [2.45, 2.75) is 12.8 Å². The number of aryl methyl sites for hydroxylation is 1. The molecule has 3 aromatic carbocycles. The number of rotatable bonds is 6. The zero-order chi connectivity index (χ0) is 20.1. The van der Waals surface area contributed by atoms with Crippen LogP contribution in [0.25, 0.3) is 0 Å². The van der Waals surface area contributed by atoms with Gasteiger partial charge in [0.25, 0.3) is 0 Å². The van der Waals surface area contributed by atoms with Crippen LogP contribution in [0.1, 0.15) is 27.9 Å². The van der Waals surface area contributed by atoms with E-state index in [1.54, 1.807) is 54.6 Å². The largest absolute Gasteiger partial charge is 0.325 e. The Morgan fingerprint density at radius 1 is 0.821 bits per heavy atom. The summed E-state index contributed by atoms with van der Waals surface area (Å²) in [6.45, 7) is 0. The molecule has 1 N–H and O–H groups in total. The second-order valence-electron chi connectivity index (χ2n) is 6.18. The van der Waals surface area contributed by atoms with E-state index >= 15 is 0 Å². The van der Waals surface area contributed by atoms with Crippen LogP contribution in [0.2, 0.25) is 15.1 Å². The SMILES string of the molecule is O=C(CCc1ccc(Cl)c(Cl)c1)Nc1ccc(Cl)cc1C(=O)c1ccccc1. The lowest BCUT2D eigenvalue weighted by Gasteiger charge is -2.11. The van der Waals surface area contributed by atoms with Crippen molar-refractivity contribution in [3.63, 3.8) is 0 Å². The number of anilines is 1. The Balaban J connectivity index is 1.73. The molecule has 0 fully saturated rings. The lowest BCUT2D eigenvalue weighted by molar-refractivity contribution is -0.116. The van der Waals surface area contributed by atoms with Crippen LogP contribution in [0.15, 0.2) is 66.7 Å². The van der Waals surface area contributed by atoms with Crippen molar-refractivity contribution >= 4 is 52.2 Å². The normalized spacial score (nSPS) is 10.5. The van der Waals surface area contributed by atoms with Gasteiger partial charge in [-0.1, -0.05) is 71.2 Å². The molecule has 6 heteroatoms. The highest BCUT2D eigenvalue weighted by Gasteiger charge is 2.16. The summed E-state index contributed by atoms with van der Waals surface area (Å²) in [7, 11) is 0. The molecule has 0 atom stereocenters. The first kappa shape index (κ1) is 20.4. The van der Waals surface area contributed by atoms with Gasteiger partial charge in [0.05, 0.1) is 15.7 Å². The first-order valence-corrected chi connectivity index (χ1v) is 9.70. The van der Waals surface area contributed by atoms with Gasteiger partial charge >= 0.3 is 0 Å². The van der Waals surface area contributed by atoms with E-state index in [4.69, 9.17) is 34.8 Å². The maximum atomic E-state index is 12.8. The summed E-state index contributed by atoms with van der Waals surface area (Å²) < 4.78 is 0. The predicted octanol–water partition coefficient (Wildman–Crippen LogP) is 6.45. The molecule has 0 saturated carbocycles. The molecule has 0 radical (unpaired) electrons. The Morgan fingerprint density at radius 2 is 1.57 bits per heavy atom. The second-order valence-corrected chi connectivity index (χ2v) is 7.43. The van der Waals surface area contributed by atoms with Gasteiger partial charge in [-0.25, -0.2) is 0 Å². The number of carbonyl (C=O) groups is 2. The molecule has 3 rings (SSSR count). The van der Waals surface area contributed by atoms with Crippen LogP contribution in [-0.2, 0) is 11.2 Å². The van der Waals surface area contributed by atoms with E-state index in [9.17, 15) is 9.59 Å². The third-order valence-electron chi connectivity index (χ3n) is 4.16. The molecule has 0 saturated heterocycles. The summed E-state index contributed by atoms with van der Waals surface area (Å²) in [6.07, 6.45) is 0.734. The summed E-state index contributed by atoms with van der Waals surface area (Å²) in [4.78, 5) is 25.2. The fourth-order valence-electron chi connectivity index (χ4n) is 2.72. The number of hydrogen-bond donors (Lipinski definition) is 1. The standard InChI is InChI=1S/C22H16Cl3NO2/c23-16-8-10-20(17(13-16)22(28)15-4-2-1-3-5-15)26-21(27)11-7-14-6-9-18(24)19(25)12-14/h1-6,8-10,12-13H,7,11H2,(H,26,27). The predicted molar refractivity (Wildman–Crippen MR) is 115 cm³/mol. The van der Waals surface area contributed by atoms with Crippen LogP contribution in [0.4, 0.5) is 5.69 Å². The van der Waals surface area contributed by atoms with Gasteiger partial charge < -0.3 is 5.32 Å². The Bertz CT molecular complexity index is 1020. The quantitative estimate of drug-likeness (QED) is 0.455. The van der Waals surface area contributed by atoms with E-state index in [0.29, 0.717) is 38.3 Å². The van der Waals surface area contributed by atoms with Gasteiger partial charge in [0, 0.05) is 22.6 Å². The lowest BCUT2D eigenvalue weighted by atomic mass is 10.0. The van der Waals surface area contributed by atoms with E-state index in [1.165, 1.54) is 0 Å². The van der Waals surface area contributed by atoms with Crippen molar-refractivity contribution in [1.82, 2.24) is 0 Å². The molecule has 0 bridgehead atoms. The number of halogens is 3. The molecule has 0 unspecified atom stereocenters. The van der Waals surface area contributed by atoms with E-state index in [-0.39, 0.29) is 18.1 Å². The van der Waals surface area contributed by atoms with Crippen LogP contribution in [0.3, 0.4) is 0 Å². The molecule has 0 aliphatic carbocycles. The minimum absolute atomic E-state index is 0.206. The molecular weight excluding hydrogens is 417 g/mol. The summed E-state index contributed by atoms with van der Waals surface area (Å²) in [5.41, 5.74) is 2.20. The lowest BCUT2D eigenvalue weighted by Crippen LogP contribution is -2.15. The molecular formula is C22H16Cl3NO2. The van der Waals surface area contributed by atoms with E-state index < -0.39 is 0 Å². The maximum absolute atomic E-state index is 12.8. The molecule has 0 spiro atoms. The minimum Gasteiger partial charge on any atom is -0.325 e. The van der Waals surface area contributed by atoms with Gasteiger partial charge in [-0.3, -0.25) is 9.59 Å². The van der Waals surface area contributed by atoms with E-state index in [1.807, 2.05) is 12.1 Å². The van der Waals surface area contributed by atoms with Gasteiger partial charge in [-0.15, -0.1) is 0 Å². The topological polar surface area (TPSA) is 46.2 Å². The highest BCUT2D eigenvalue weighted by Crippen LogP contribution is 2.25. The Morgan fingerprint density at radius 3 is 2.29 bits per heavy atom. The Labute approximate surface area is 178 Å². The number of benzene rings is 3. The van der Waals surface area contributed by atoms with Crippen molar-refractivity contribution in [1.29, 1.82) is 0 Å². The highest BCUT2D eigenvalue weighted by molar-refractivity contribution is 6.42. The van der Waals surface area contributed by atoms with Crippen LogP contribution in [0.5, 0.6) is 0 Å². The molecule has 0 aromatic heterocycles. The summed E-state index contributed by atoms with van der Waals surface area (Å²) in [5, 5.41) is 4.16. The second kappa shape index (κ2) is 9.24. The van der Waals surface area contributed by atoms with E-state index in [2.05, 4.69) is 5.32 Å². The number of hydrogen-bond acceptors (Lipinski definition) is 2. The zero-order valence-corrected chi connectivity index (χ0v) is 17.0. The fourth-order valence-corrected chi connectivity index (χ4v) is 3.22. The van der Waals surface area contributed by atoms with E-state index in [0.717, 1.165) is 5.56 Å². The molecule has 0 aliphatic heterocycles. The fraction of sp³-hybridized carbons (Fsp3) is 0.0909. The summed E-state index contributed by atoms with van der Waals surface area (Å²) in [6, 6.07) is 18.9. The monoisotopic (exact) mass is 431 g/mol. The van der Waals surface area contributed by atoms with Crippen LogP contribution >= 0.6 is 34.8 Å². The third-order valence-corrected chi connectivity index (χ3v) is 5.14. The number of carbonyl (C=O) groups excluding carboxylic acids is 2. The molecule has 0 heterocycles. The van der Waals surface area contributed by atoms with Crippen LogP contribution < -0.4 is 5.32 Å². The van der Waals surface area contributed by atoms with Gasteiger partial charge in [0.15, 0.2) is 5.78 Å². The van der Waals surface area contributed by atoms with Crippen LogP contribution in [0, 0.1) is 0 Å². The van der Waals surface area contributed by atoms with Crippen molar-refractivity contribution in [2.75, 3.05) is 5.32 Å². The van der Waals surface area contributed by atoms with Gasteiger partial charge in [0.1, 0.15) is 0 Å². The van der Waals surface area contributed by atoms with Crippen molar-refractivity contribution in [3.8, 4) is 0 Å². The molecule has 0 aliphatic rings. The number of nitrogens with one attached hydrogen (secondary N) is 1. The average molecular weight is 433 g/mol. The highest BCUT2D eigenvalue weighted by atomic mass is 35.5. The minimum atomic E-state index is -0.212. The molecule has 142 valence electrons. The molecule has 3 nitrogen and oxygen atoms in total. The first-order valence-electron chi connectivity index (χ1n) is 8.57. The maximum Gasteiger partial charge on any atom is 0.224 e. The zero-order valence-electron chi connectivity index (χ0n) is 14.7. The first-order chi connectivity index (χ1) is 13.4. The Kier molecular flexibility index (Phi) is 6.74. The van der Waals surface area contributed by atoms with Crippen molar-refractivity contribution in [3.05, 3.63) is 98.5 Å². The van der Waals surface area contributed by atoms with Crippen LogP contribution in [-0.4, -0.2) is 11.7 Å². The van der Waals surface area contributed by atoms with Gasteiger partial charge in [0.2, 0.25) is 5.91 Å². The Hall–Kier alpha value is -2.33. The third kappa shape index (κ3) is 5.14. The number of amides is 1. The molecule has 3 aromatic rings. The summed E-state index contributed by atoms with van der Waals surface area (Å²) >= 11 is 18.0. The van der Waals surface area contributed by atoms with Crippen molar-refractivity contribution < 1.29 is 9.59 Å².